The molecule has 0 radical (unpaired) electrons. The van der Waals surface area contributed by atoms with Gasteiger partial charge in [0.05, 0.1) is 0 Å². The smallest absolute Gasteiger partial charge is 0.0190 e. The van der Waals surface area contributed by atoms with Gasteiger partial charge in [-0.1, -0.05) is 26.7 Å². The lowest BCUT2D eigenvalue weighted by Gasteiger charge is -2.21. The molecule has 2 heteroatoms. The fourth-order valence-corrected chi connectivity index (χ4v) is 1.38. The van der Waals surface area contributed by atoms with Gasteiger partial charge in [-0.2, -0.15) is 0 Å². The second kappa shape index (κ2) is 8.52. The van der Waals surface area contributed by atoms with Gasteiger partial charge in [-0.05, 0) is 33.4 Å². The van der Waals surface area contributed by atoms with E-state index in [4.69, 9.17) is 0 Å². The molecule has 0 saturated heterocycles. The highest BCUT2D eigenvalue weighted by Gasteiger charge is 2.08. The van der Waals surface area contributed by atoms with Crippen LogP contribution in [-0.2, 0) is 0 Å². The van der Waals surface area contributed by atoms with E-state index in [0.29, 0.717) is 12.1 Å². The van der Waals surface area contributed by atoms with Crippen molar-refractivity contribution in [2.75, 3.05) is 13.1 Å². The van der Waals surface area contributed by atoms with Crippen LogP contribution in [0, 0.1) is 0 Å². The molecule has 0 saturated carbocycles. The quantitative estimate of drug-likeness (QED) is 0.568. The highest BCUT2D eigenvalue weighted by molar-refractivity contribution is 4.73. The third kappa shape index (κ3) is 7.03. The normalized spacial score (nSPS) is 15.7. The van der Waals surface area contributed by atoms with E-state index in [9.17, 15) is 0 Å². The van der Waals surface area contributed by atoms with Gasteiger partial charge >= 0.3 is 0 Å². The van der Waals surface area contributed by atoms with Crippen LogP contribution < -0.4 is 10.6 Å². The topological polar surface area (TPSA) is 24.1 Å². The van der Waals surface area contributed by atoms with Crippen LogP contribution in [-0.4, -0.2) is 25.2 Å². The van der Waals surface area contributed by atoms with Crippen LogP contribution in [0.1, 0.15) is 47.0 Å². The van der Waals surface area contributed by atoms with Crippen molar-refractivity contribution in [1.29, 1.82) is 0 Å². The molecule has 0 aliphatic rings. The number of unbranched alkanes of at least 4 members (excludes halogenated alkanes) is 2. The molecule has 0 aromatic rings. The summed E-state index contributed by atoms with van der Waals surface area (Å²) >= 11 is 0. The SMILES string of the molecule is CCCCCNC(C)C(C)NCC. The van der Waals surface area contributed by atoms with Gasteiger partial charge < -0.3 is 10.6 Å². The summed E-state index contributed by atoms with van der Waals surface area (Å²) in [6, 6.07) is 1.16. The van der Waals surface area contributed by atoms with Crippen LogP contribution in [0.2, 0.25) is 0 Å². The van der Waals surface area contributed by atoms with E-state index in [-0.39, 0.29) is 0 Å². The molecule has 0 aromatic heterocycles. The Hall–Kier alpha value is -0.0800. The van der Waals surface area contributed by atoms with E-state index in [1.165, 1.54) is 19.3 Å². The molecule has 2 atom stereocenters. The molecule has 0 spiro atoms. The maximum Gasteiger partial charge on any atom is 0.0190 e. The molecule has 0 heterocycles. The molecular weight excluding hydrogens is 160 g/mol. The van der Waals surface area contributed by atoms with Crippen molar-refractivity contribution in [3.8, 4) is 0 Å². The summed E-state index contributed by atoms with van der Waals surface area (Å²) in [5.74, 6) is 0. The average molecular weight is 186 g/mol. The van der Waals surface area contributed by atoms with Crippen molar-refractivity contribution in [3.63, 3.8) is 0 Å². The zero-order valence-corrected chi connectivity index (χ0v) is 9.69. The first-order valence-corrected chi connectivity index (χ1v) is 5.69. The Kier molecular flexibility index (Phi) is 8.46. The number of rotatable bonds is 8. The highest BCUT2D eigenvalue weighted by atomic mass is 15.0. The van der Waals surface area contributed by atoms with Crippen molar-refractivity contribution in [2.24, 2.45) is 0 Å². The molecule has 2 N–H and O–H groups in total. The molecular formula is C11H26N2. The molecule has 13 heavy (non-hydrogen) atoms. The second-order valence-electron chi connectivity index (χ2n) is 3.80. The van der Waals surface area contributed by atoms with E-state index >= 15 is 0 Å². The minimum Gasteiger partial charge on any atom is -0.313 e. The zero-order valence-electron chi connectivity index (χ0n) is 9.69. The maximum absolute atomic E-state index is 3.54. The average Bonchev–Trinajstić information content (AvgIpc) is 2.12. The van der Waals surface area contributed by atoms with Crippen molar-refractivity contribution < 1.29 is 0 Å². The lowest BCUT2D eigenvalue weighted by Crippen LogP contribution is -2.44. The highest BCUT2D eigenvalue weighted by Crippen LogP contribution is 1.95. The molecule has 2 nitrogen and oxygen atoms in total. The fraction of sp³-hybridized carbons (Fsp3) is 1.00. The van der Waals surface area contributed by atoms with Gasteiger partial charge in [0.15, 0.2) is 0 Å². The Labute approximate surface area is 83.5 Å². The third-order valence-corrected chi connectivity index (χ3v) is 2.52. The zero-order chi connectivity index (χ0) is 10.1. The maximum atomic E-state index is 3.54. The first kappa shape index (κ1) is 12.9. The minimum atomic E-state index is 0.576. The van der Waals surface area contributed by atoms with Crippen molar-refractivity contribution in [2.45, 2.75) is 59.0 Å². The monoisotopic (exact) mass is 186 g/mol. The van der Waals surface area contributed by atoms with Crippen molar-refractivity contribution in [3.05, 3.63) is 0 Å². The van der Waals surface area contributed by atoms with Gasteiger partial charge in [0.2, 0.25) is 0 Å². The fourth-order valence-electron chi connectivity index (χ4n) is 1.38. The standard InChI is InChI=1S/C11H26N2/c1-5-7-8-9-13-11(4)10(3)12-6-2/h10-13H,5-9H2,1-4H3. The van der Waals surface area contributed by atoms with Crippen LogP contribution in [0.4, 0.5) is 0 Å². The molecule has 0 aromatic carbocycles. The lowest BCUT2D eigenvalue weighted by atomic mass is 10.1. The summed E-state index contributed by atoms with van der Waals surface area (Å²) in [6.45, 7) is 11.1. The Morgan fingerprint density at radius 2 is 1.54 bits per heavy atom. The molecule has 0 bridgehead atoms. The first-order valence-electron chi connectivity index (χ1n) is 5.69. The van der Waals surface area contributed by atoms with E-state index < -0.39 is 0 Å². The summed E-state index contributed by atoms with van der Waals surface area (Å²) in [6.07, 6.45) is 3.95. The van der Waals surface area contributed by atoms with E-state index in [1.807, 2.05) is 0 Å². The molecule has 0 rings (SSSR count). The third-order valence-electron chi connectivity index (χ3n) is 2.52. The molecule has 2 unspecified atom stereocenters. The van der Waals surface area contributed by atoms with Crippen LogP contribution in [0.5, 0.6) is 0 Å². The summed E-state index contributed by atoms with van der Waals surface area (Å²) in [5, 5.41) is 6.96. The summed E-state index contributed by atoms with van der Waals surface area (Å²) in [5.41, 5.74) is 0. The van der Waals surface area contributed by atoms with Gasteiger partial charge in [-0.3, -0.25) is 0 Å². The number of likely N-dealkylation sites (N-methyl/N-ethyl adjacent to an activating group) is 1. The molecule has 80 valence electrons. The van der Waals surface area contributed by atoms with Gasteiger partial charge in [0, 0.05) is 12.1 Å². The number of hydrogen-bond acceptors (Lipinski definition) is 2. The van der Waals surface area contributed by atoms with E-state index in [2.05, 4.69) is 38.3 Å². The van der Waals surface area contributed by atoms with Gasteiger partial charge in [0.1, 0.15) is 0 Å². The largest absolute Gasteiger partial charge is 0.313 e. The summed E-state index contributed by atoms with van der Waals surface area (Å²) in [4.78, 5) is 0. The van der Waals surface area contributed by atoms with Gasteiger partial charge in [0.25, 0.3) is 0 Å². The van der Waals surface area contributed by atoms with Crippen LogP contribution in [0.25, 0.3) is 0 Å². The summed E-state index contributed by atoms with van der Waals surface area (Å²) in [7, 11) is 0. The lowest BCUT2D eigenvalue weighted by molar-refractivity contribution is 0.412. The summed E-state index contributed by atoms with van der Waals surface area (Å²) < 4.78 is 0. The Morgan fingerprint density at radius 1 is 0.923 bits per heavy atom. The van der Waals surface area contributed by atoms with Gasteiger partial charge in [-0.15, -0.1) is 0 Å². The Morgan fingerprint density at radius 3 is 2.08 bits per heavy atom. The van der Waals surface area contributed by atoms with Crippen molar-refractivity contribution in [1.82, 2.24) is 10.6 Å². The minimum absolute atomic E-state index is 0.576. The number of hydrogen-bond donors (Lipinski definition) is 2. The Balaban J connectivity index is 3.32. The van der Waals surface area contributed by atoms with Crippen LogP contribution in [0.3, 0.4) is 0 Å². The van der Waals surface area contributed by atoms with E-state index in [1.54, 1.807) is 0 Å². The molecule has 0 aliphatic carbocycles. The number of nitrogens with one attached hydrogen (secondary N) is 2. The first-order chi connectivity index (χ1) is 6.22. The van der Waals surface area contributed by atoms with E-state index in [0.717, 1.165) is 13.1 Å². The van der Waals surface area contributed by atoms with Crippen LogP contribution in [0.15, 0.2) is 0 Å². The predicted molar refractivity (Wildman–Crippen MR) is 60.1 cm³/mol. The van der Waals surface area contributed by atoms with Crippen molar-refractivity contribution >= 4 is 0 Å². The van der Waals surface area contributed by atoms with Gasteiger partial charge in [-0.25, -0.2) is 0 Å². The Bertz CT molecular complexity index is 104. The second-order valence-corrected chi connectivity index (χ2v) is 3.80. The molecule has 0 aliphatic heterocycles. The predicted octanol–water partition coefficient (Wildman–Crippen LogP) is 2.15. The molecule has 0 fully saturated rings. The molecule has 0 amide bonds. The van der Waals surface area contributed by atoms with Crippen LogP contribution >= 0.6 is 0 Å².